The van der Waals surface area contributed by atoms with Crippen LogP contribution in [0.2, 0.25) is 0 Å². The molecule has 5 rings (SSSR count). The van der Waals surface area contributed by atoms with Crippen LogP contribution in [-0.2, 0) is 0 Å². The minimum Gasteiger partial charge on any atom is -0.298 e. The molecule has 4 aromatic carbocycles. The Morgan fingerprint density at radius 3 is 2.00 bits per heavy atom. The Balaban J connectivity index is 1.37. The van der Waals surface area contributed by atoms with Gasteiger partial charge in [0, 0.05) is 28.8 Å². The molecule has 0 aliphatic carbocycles. The number of aromatic nitrogens is 2. The summed E-state index contributed by atoms with van der Waals surface area (Å²) in [6.07, 6.45) is 0. The molecule has 0 unspecified atom stereocenters. The van der Waals surface area contributed by atoms with Crippen LogP contribution in [0.15, 0.2) is 115 Å². The molecule has 176 valence electrons. The third-order valence-electron chi connectivity index (χ3n) is 5.62. The molecule has 36 heavy (non-hydrogen) atoms. The quantitative estimate of drug-likeness (QED) is 0.226. The lowest BCUT2D eigenvalue weighted by Gasteiger charge is -2.10. The van der Waals surface area contributed by atoms with Gasteiger partial charge in [0.25, 0.3) is 11.6 Å². The van der Waals surface area contributed by atoms with Gasteiger partial charge in [0.2, 0.25) is 0 Å². The van der Waals surface area contributed by atoms with Gasteiger partial charge in [0.05, 0.1) is 27.7 Å². The summed E-state index contributed by atoms with van der Waals surface area (Å²) >= 11 is 0. The van der Waals surface area contributed by atoms with Crippen LogP contribution in [0.4, 0.5) is 11.4 Å². The van der Waals surface area contributed by atoms with Crippen LogP contribution in [-0.4, -0.2) is 20.6 Å². The molecule has 1 amide bonds. The minimum atomic E-state index is -0.477. The Morgan fingerprint density at radius 2 is 1.39 bits per heavy atom. The molecule has 2 N–H and O–H groups in total. The van der Waals surface area contributed by atoms with E-state index < -0.39 is 4.92 Å². The number of non-ortho nitro benzene ring substituents is 1. The van der Waals surface area contributed by atoms with E-state index in [0.717, 1.165) is 28.2 Å². The van der Waals surface area contributed by atoms with Gasteiger partial charge in [-0.15, -0.1) is 0 Å². The molecule has 0 fully saturated rings. The van der Waals surface area contributed by atoms with Crippen LogP contribution >= 0.6 is 0 Å². The number of carbonyl (C=O) groups is 1. The molecule has 0 aliphatic heterocycles. The number of amides is 1. The number of nitrogens with zero attached hydrogens (tertiary/aromatic N) is 3. The fourth-order valence-electron chi connectivity index (χ4n) is 3.76. The van der Waals surface area contributed by atoms with Gasteiger partial charge in [-0.25, -0.2) is 4.68 Å². The van der Waals surface area contributed by atoms with Crippen molar-refractivity contribution in [3.63, 3.8) is 0 Å². The van der Waals surface area contributed by atoms with Gasteiger partial charge in [-0.1, -0.05) is 60.7 Å². The van der Waals surface area contributed by atoms with Gasteiger partial charge < -0.3 is 0 Å². The first-order chi connectivity index (χ1) is 17.6. The zero-order valence-corrected chi connectivity index (χ0v) is 19.0. The maximum absolute atomic E-state index is 12.6. The average molecular weight is 476 g/mol. The SMILES string of the molecule is O=C(NNc1ccc([N+](=O)[O-])cc1)c1ccc(-n2nc(-c3ccccc3)cc2-c2ccccc2)cc1. The summed E-state index contributed by atoms with van der Waals surface area (Å²) in [5.74, 6) is -0.339. The van der Waals surface area contributed by atoms with E-state index in [2.05, 4.69) is 16.9 Å². The largest absolute Gasteiger partial charge is 0.298 e. The summed E-state index contributed by atoms with van der Waals surface area (Å²) in [5.41, 5.74) is 11.0. The summed E-state index contributed by atoms with van der Waals surface area (Å²) in [5, 5.41) is 15.6. The van der Waals surface area contributed by atoms with Crippen molar-refractivity contribution in [1.82, 2.24) is 15.2 Å². The Morgan fingerprint density at radius 1 is 0.778 bits per heavy atom. The Bertz CT molecular complexity index is 1500. The first-order valence-corrected chi connectivity index (χ1v) is 11.2. The van der Waals surface area contributed by atoms with Gasteiger partial charge in [0.1, 0.15) is 0 Å². The van der Waals surface area contributed by atoms with Gasteiger partial charge >= 0.3 is 0 Å². The Kier molecular flexibility index (Phi) is 6.23. The van der Waals surface area contributed by atoms with Crippen LogP contribution < -0.4 is 10.9 Å². The third kappa shape index (κ3) is 4.83. The second-order valence-electron chi connectivity index (χ2n) is 7.99. The van der Waals surface area contributed by atoms with E-state index in [1.165, 1.54) is 24.3 Å². The van der Waals surface area contributed by atoms with Crippen LogP contribution in [0.25, 0.3) is 28.2 Å². The molecule has 5 aromatic rings. The number of benzene rings is 4. The molecular weight excluding hydrogens is 454 g/mol. The molecule has 0 atom stereocenters. The van der Waals surface area contributed by atoms with Crippen molar-refractivity contribution < 1.29 is 9.72 Å². The van der Waals surface area contributed by atoms with E-state index in [4.69, 9.17) is 5.10 Å². The number of carbonyl (C=O) groups excluding carboxylic acids is 1. The van der Waals surface area contributed by atoms with Gasteiger partial charge in [0.15, 0.2) is 0 Å². The zero-order chi connectivity index (χ0) is 24.9. The van der Waals surface area contributed by atoms with Crippen molar-refractivity contribution in [1.29, 1.82) is 0 Å². The number of hydrogen-bond donors (Lipinski definition) is 2. The standard InChI is InChI=1S/C28H21N5O3/c34-28(30-29-23-13-17-25(18-14-23)33(35)36)22-11-15-24(16-12-22)32-27(21-9-5-2-6-10-21)19-26(31-32)20-7-3-1-4-8-20/h1-19,29H,(H,30,34). The lowest BCUT2D eigenvalue weighted by Crippen LogP contribution is -2.29. The highest BCUT2D eigenvalue weighted by Gasteiger charge is 2.14. The van der Waals surface area contributed by atoms with E-state index in [1.54, 1.807) is 12.1 Å². The van der Waals surface area contributed by atoms with Crippen molar-refractivity contribution >= 4 is 17.3 Å². The molecule has 8 nitrogen and oxygen atoms in total. The number of rotatable bonds is 7. The van der Waals surface area contributed by atoms with E-state index in [0.29, 0.717) is 11.3 Å². The molecule has 1 heterocycles. The lowest BCUT2D eigenvalue weighted by atomic mass is 10.1. The van der Waals surface area contributed by atoms with Crippen LogP contribution in [0, 0.1) is 10.1 Å². The van der Waals surface area contributed by atoms with E-state index in [-0.39, 0.29) is 11.6 Å². The molecule has 0 aliphatic rings. The summed E-state index contributed by atoms with van der Waals surface area (Å²) in [4.78, 5) is 22.9. The van der Waals surface area contributed by atoms with E-state index >= 15 is 0 Å². The Hall–Kier alpha value is -5.24. The number of nitro benzene ring substituents is 1. The summed E-state index contributed by atoms with van der Waals surface area (Å²) < 4.78 is 1.87. The smallest absolute Gasteiger partial charge is 0.269 e. The number of hydrogen-bond acceptors (Lipinski definition) is 5. The Labute approximate surface area is 207 Å². The van der Waals surface area contributed by atoms with Gasteiger partial charge in [-0.05, 0) is 42.5 Å². The lowest BCUT2D eigenvalue weighted by molar-refractivity contribution is -0.384. The highest BCUT2D eigenvalue weighted by Crippen LogP contribution is 2.28. The first kappa shape index (κ1) is 22.5. The molecule has 0 spiro atoms. The highest BCUT2D eigenvalue weighted by molar-refractivity contribution is 5.95. The van der Waals surface area contributed by atoms with Crippen molar-refractivity contribution in [2.24, 2.45) is 0 Å². The molecule has 0 radical (unpaired) electrons. The number of nitro groups is 1. The number of hydrazine groups is 1. The van der Waals surface area contributed by atoms with Crippen molar-refractivity contribution in [2.45, 2.75) is 0 Å². The summed E-state index contributed by atoms with van der Waals surface area (Å²) in [7, 11) is 0. The summed E-state index contributed by atoms with van der Waals surface area (Å²) in [6.45, 7) is 0. The predicted octanol–water partition coefficient (Wildman–Crippen LogP) is 5.87. The molecule has 1 aromatic heterocycles. The van der Waals surface area contributed by atoms with E-state index in [9.17, 15) is 14.9 Å². The molecule has 0 bridgehead atoms. The molecular formula is C28H21N5O3. The van der Waals surface area contributed by atoms with Crippen molar-refractivity contribution in [3.05, 3.63) is 131 Å². The molecule has 8 heteroatoms. The average Bonchev–Trinajstić information content (AvgIpc) is 3.39. The molecule has 0 saturated heterocycles. The number of anilines is 1. The van der Waals surface area contributed by atoms with Crippen molar-refractivity contribution in [3.8, 4) is 28.2 Å². The second kappa shape index (κ2) is 9.94. The second-order valence-corrected chi connectivity index (χ2v) is 7.99. The van der Waals surface area contributed by atoms with Crippen molar-refractivity contribution in [2.75, 3.05) is 5.43 Å². The normalized spacial score (nSPS) is 10.6. The topological polar surface area (TPSA) is 102 Å². The highest BCUT2D eigenvalue weighted by atomic mass is 16.6. The maximum atomic E-state index is 12.6. The third-order valence-corrected chi connectivity index (χ3v) is 5.62. The van der Waals surface area contributed by atoms with Gasteiger partial charge in [-0.3, -0.25) is 25.8 Å². The predicted molar refractivity (Wildman–Crippen MR) is 139 cm³/mol. The fourth-order valence-corrected chi connectivity index (χ4v) is 3.76. The van der Waals surface area contributed by atoms with E-state index in [1.807, 2.05) is 77.5 Å². The summed E-state index contributed by atoms with van der Waals surface area (Å²) in [6, 6.07) is 34.9. The van der Waals surface area contributed by atoms with Crippen LogP contribution in [0.5, 0.6) is 0 Å². The molecule has 0 saturated carbocycles. The minimum absolute atomic E-state index is 0.0219. The first-order valence-electron chi connectivity index (χ1n) is 11.2. The number of nitrogens with one attached hydrogen (secondary N) is 2. The maximum Gasteiger partial charge on any atom is 0.269 e. The zero-order valence-electron chi connectivity index (χ0n) is 19.0. The van der Waals surface area contributed by atoms with Crippen LogP contribution in [0.3, 0.4) is 0 Å². The fraction of sp³-hybridized carbons (Fsp3) is 0. The monoisotopic (exact) mass is 475 g/mol. The van der Waals surface area contributed by atoms with Gasteiger partial charge in [-0.2, -0.15) is 5.10 Å². The van der Waals surface area contributed by atoms with Crippen LogP contribution in [0.1, 0.15) is 10.4 Å².